The van der Waals surface area contributed by atoms with Gasteiger partial charge in [0, 0.05) is 0 Å². The van der Waals surface area contributed by atoms with Gasteiger partial charge in [-0.2, -0.15) is 0 Å². The fourth-order valence-corrected chi connectivity index (χ4v) is 1.15. The van der Waals surface area contributed by atoms with E-state index in [9.17, 15) is 9.18 Å². The lowest BCUT2D eigenvalue weighted by Crippen LogP contribution is -1.99. The van der Waals surface area contributed by atoms with Gasteiger partial charge in [0.15, 0.2) is 11.6 Å². The van der Waals surface area contributed by atoms with Crippen LogP contribution >= 0.6 is 22.6 Å². The molecule has 12 heavy (non-hydrogen) atoms. The first-order chi connectivity index (χ1) is 5.54. The summed E-state index contributed by atoms with van der Waals surface area (Å²) in [5, 5.41) is 17.4. The third kappa shape index (κ3) is 1.50. The van der Waals surface area contributed by atoms with E-state index in [0.717, 1.165) is 6.07 Å². The first-order valence-electron chi connectivity index (χ1n) is 2.94. The molecule has 0 amide bonds. The van der Waals surface area contributed by atoms with Crippen molar-refractivity contribution in [1.82, 2.24) is 0 Å². The lowest BCUT2D eigenvalue weighted by molar-refractivity contribution is 0.0692. The van der Waals surface area contributed by atoms with Crippen molar-refractivity contribution >= 4 is 28.6 Å². The second-order valence-corrected chi connectivity index (χ2v) is 3.22. The predicted octanol–water partition coefficient (Wildman–Crippen LogP) is 1.83. The minimum absolute atomic E-state index is 0.190. The summed E-state index contributed by atoms with van der Waals surface area (Å²) in [6.45, 7) is 0. The fraction of sp³-hybridized carbons (Fsp3) is 0. The van der Waals surface area contributed by atoms with Crippen molar-refractivity contribution in [1.29, 1.82) is 0 Å². The van der Waals surface area contributed by atoms with E-state index in [1.54, 1.807) is 22.6 Å². The second-order valence-electron chi connectivity index (χ2n) is 2.06. The van der Waals surface area contributed by atoms with E-state index in [-0.39, 0.29) is 3.57 Å². The summed E-state index contributed by atoms with van der Waals surface area (Å²) in [5.41, 5.74) is -0.423. The van der Waals surface area contributed by atoms with E-state index >= 15 is 0 Å². The number of hydrogen-bond acceptors (Lipinski definition) is 2. The van der Waals surface area contributed by atoms with Crippen LogP contribution in [0.2, 0.25) is 0 Å². The average Bonchev–Trinajstić information content (AvgIpc) is 2.00. The zero-order valence-corrected chi connectivity index (χ0v) is 7.87. The van der Waals surface area contributed by atoms with Gasteiger partial charge in [0.05, 0.1) is 3.57 Å². The van der Waals surface area contributed by atoms with E-state index in [1.807, 2.05) is 0 Å². The Kier molecular flexibility index (Phi) is 2.51. The topological polar surface area (TPSA) is 57.5 Å². The molecule has 2 N–H and O–H groups in total. The highest BCUT2D eigenvalue weighted by Crippen LogP contribution is 2.25. The normalized spacial score (nSPS) is 9.83. The number of aromatic carboxylic acids is 1. The van der Waals surface area contributed by atoms with Gasteiger partial charge in [-0.05, 0) is 34.7 Å². The van der Waals surface area contributed by atoms with E-state index < -0.39 is 23.1 Å². The van der Waals surface area contributed by atoms with Crippen molar-refractivity contribution in [2.75, 3.05) is 0 Å². The van der Waals surface area contributed by atoms with E-state index in [0.29, 0.717) is 0 Å². The molecule has 0 atom stereocenters. The molecule has 0 aliphatic carbocycles. The SMILES string of the molecule is O=C(O)c1ccc(I)c(F)c1O. The van der Waals surface area contributed by atoms with Crippen molar-refractivity contribution in [3.8, 4) is 5.75 Å². The molecular formula is C7H4FIO3. The lowest BCUT2D eigenvalue weighted by atomic mass is 10.2. The van der Waals surface area contributed by atoms with Crippen LogP contribution < -0.4 is 0 Å². The van der Waals surface area contributed by atoms with Crippen LogP contribution in [0.1, 0.15) is 10.4 Å². The Balaban J connectivity index is 3.36. The maximum atomic E-state index is 12.8. The smallest absolute Gasteiger partial charge is 0.339 e. The maximum Gasteiger partial charge on any atom is 0.339 e. The molecule has 5 heteroatoms. The summed E-state index contributed by atoms with van der Waals surface area (Å²) in [6, 6.07) is 2.45. The molecule has 0 bridgehead atoms. The number of halogens is 2. The molecule has 0 spiro atoms. The Morgan fingerprint density at radius 3 is 2.58 bits per heavy atom. The van der Waals surface area contributed by atoms with E-state index in [4.69, 9.17) is 10.2 Å². The number of carboxylic acid groups (broad SMARTS) is 1. The molecule has 0 aliphatic heterocycles. The predicted molar refractivity (Wildman–Crippen MR) is 47.7 cm³/mol. The molecular weight excluding hydrogens is 278 g/mol. The lowest BCUT2D eigenvalue weighted by Gasteiger charge is -2.01. The van der Waals surface area contributed by atoms with Crippen LogP contribution in [0, 0.1) is 9.39 Å². The van der Waals surface area contributed by atoms with Crippen LogP contribution in [0.4, 0.5) is 4.39 Å². The van der Waals surface area contributed by atoms with Crippen molar-refractivity contribution < 1.29 is 19.4 Å². The van der Waals surface area contributed by atoms with Crippen LogP contribution in [-0.2, 0) is 0 Å². The number of carboxylic acids is 1. The molecule has 0 unspecified atom stereocenters. The number of carbonyl (C=O) groups is 1. The van der Waals surface area contributed by atoms with Gasteiger partial charge in [0.2, 0.25) is 0 Å². The van der Waals surface area contributed by atoms with Crippen molar-refractivity contribution in [3.63, 3.8) is 0 Å². The van der Waals surface area contributed by atoms with Crippen LogP contribution in [0.3, 0.4) is 0 Å². The molecule has 0 aromatic heterocycles. The first-order valence-corrected chi connectivity index (χ1v) is 4.02. The van der Waals surface area contributed by atoms with Crippen LogP contribution in [0.5, 0.6) is 5.75 Å². The monoisotopic (exact) mass is 282 g/mol. The number of benzene rings is 1. The van der Waals surface area contributed by atoms with Gasteiger partial charge >= 0.3 is 5.97 Å². The third-order valence-corrected chi connectivity index (χ3v) is 2.13. The van der Waals surface area contributed by atoms with Crippen molar-refractivity contribution in [2.45, 2.75) is 0 Å². The molecule has 0 heterocycles. The molecule has 3 nitrogen and oxygen atoms in total. The Labute approximate surface area is 81.0 Å². The molecule has 0 saturated carbocycles. The fourth-order valence-electron chi connectivity index (χ4n) is 0.713. The summed E-state index contributed by atoms with van der Waals surface area (Å²) in [5.74, 6) is -3.05. The van der Waals surface area contributed by atoms with Crippen molar-refractivity contribution in [3.05, 3.63) is 27.1 Å². The zero-order valence-electron chi connectivity index (χ0n) is 5.71. The Morgan fingerprint density at radius 1 is 1.50 bits per heavy atom. The Hall–Kier alpha value is -0.850. The molecule has 64 valence electrons. The third-order valence-electron chi connectivity index (χ3n) is 1.30. The van der Waals surface area contributed by atoms with E-state index in [1.165, 1.54) is 6.07 Å². The van der Waals surface area contributed by atoms with Gasteiger partial charge in [-0.25, -0.2) is 9.18 Å². The molecule has 0 fully saturated rings. The summed E-state index contributed by atoms with van der Waals surface area (Å²) in [7, 11) is 0. The van der Waals surface area contributed by atoms with Gasteiger partial charge in [-0.1, -0.05) is 0 Å². The van der Waals surface area contributed by atoms with E-state index in [2.05, 4.69) is 0 Å². The summed E-state index contributed by atoms with van der Waals surface area (Å²) in [6.07, 6.45) is 0. The minimum atomic E-state index is -1.34. The largest absolute Gasteiger partial charge is 0.504 e. The first kappa shape index (κ1) is 9.24. The molecule has 0 saturated heterocycles. The minimum Gasteiger partial charge on any atom is -0.504 e. The van der Waals surface area contributed by atoms with Gasteiger partial charge in [0.1, 0.15) is 5.56 Å². The number of rotatable bonds is 1. The highest BCUT2D eigenvalue weighted by atomic mass is 127. The molecule has 1 aromatic carbocycles. The molecule has 0 aliphatic rings. The number of phenols is 1. The van der Waals surface area contributed by atoms with Gasteiger partial charge in [-0.15, -0.1) is 0 Å². The average molecular weight is 282 g/mol. The molecule has 0 radical (unpaired) electrons. The molecule has 1 aromatic rings. The Morgan fingerprint density at radius 2 is 2.08 bits per heavy atom. The quantitative estimate of drug-likeness (QED) is 0.773. The van der Waals surface area contributed by atoms with Gasteiger partial charge in [-0.3, -0.25) is 0 Å². The number of aromatic hydroxyl groups is 1. The summed E-state index contributed by atoms with van der Waals surface area (Å²) >= 11 is 1.66. The maximum absolute atomic E-state index is 12.8. The van der Waals surface area contributed by atoms with Crippen molar-refractivity contribution in [2.24, 2.45) is 0 Å². The Bertz CT molecular complexity index is 338. The number of hydrogen-bond donors (Lipinski definition) is 2. The molecule has 1 rings (SSSR count). The standard InChI is InChI=1S/C7H4FIO3/c8-5-4(9)2-1-3(6(5)10)7(11)12/h1-2,10H,(H,11,12). The summed E-state index contributed by atoms with van der Waals surface area (Å²) < 4.78 is 13.0. The highest BCUT2D eigenvalue weighted by Gasteiger charge is 2.15. The van der Waals surface area contributed by atoms with Crippen LogP contribution in [0.25, 0.3) is 0 Å². The van der Waals surface area contributed by atoms with Crippen LogP contribution in [0.15, 0.2) is 12.1 Å². The zero-order chi connectivity index (χ0) is 9.30. The van der Waals surface area contributed by atoms with Gasteiger partial charge < -0.3 is 10.2 Å². The highest BCUT2D eigenvalue weighted by molar-refractivity contribution is 14.1. The second kappa shape index (κ2) is 3.26. The van der Waals surface area contributed by atoms with Crippen LogP contribution in [-0.4, -0.2) is 16.2 Å². The summed E-state index contributed by atoms with van der Waals surface area (Å²) in [4.78, 5) is 10.4. The van der Waals surface area contributed by atoms with Gasteiger partial charge in [0.25, 0.3) is 0 Å².